The molecule has 6 heteroatoms. The number of halogens is 1. The Morgan fingerprint density at radius 2 is 1.97 bits per heavy atom. The van der Waals surface area contributed by atoms with Crippen LogP contribution in [-0.4, -0.2) is 58.9 Å². The first-order valence-corrected chi connectivity index (χ1v) is 13.1. The Bertz CT molecular complexity index is 1190. The van der Waals surface area contributed by atoms with Crippen molar-refractivity contribution in [3.63, 3.8) is 0 Å². The fourth-order valence-corrected chi connectivity index (χ4v) is 6.32. The average Bonchev–Trinajstić information content (AvgIpc) is 3.44. The molecule has 2 aromatic rings. The van der Waals surface area contributed by atoms with Crippen molar-refractivity contribution in [2.24, 2.45) is 4.99 Å². The number of piperidine rings is 1. The van der Waals surface area contributed by atoms with Gasteiger partial charge in [0.1, 0.15) is 17.2 Å². The number of aliphatic imine (C=N–C) groups is 1. The highest BCUT2D eigenvalue weighted by molar-refractivity contribution is 6.16. The average molecular weight is 487 g/mol. The van der Waals surface area contributed by atoms with E-state index in [0.717, 1.165) is 64.0 Å². The Morgan fingerprint density at radius 1 is 1.14 bits per heavy atom. The van der Waals surface area contributed by atoms with Crippen molar-refractivity contribution >= 4 is 17.6 Å². The summed E-state index contributed by atoms with van der Waals surface area (Å²) >= 11 is 0. The van der Waals surface area contributed by atoms with E-state index in [2.05, 4.69) is 58.9 Å². The van der Waals surface area contributed by atoms with Crippen molar-refractivity contribution in [3.05, 3.63) is 66.0 Å². The van der Waals surface area contributed by atoms with Crippen molar-refractivity contribution in [3.8, 4) is 11.8 Å². The van der Waals surface area contributed by atoms with Crippen LogP contribution in [0.15, 0.2) is 59.6 Å². The van der Waals surface area contributed by atoms with Gasteiger partial charge in [0.15, 0.2) is 0 Å². The topological polar surface area (TPSA) is 39.1 Å². The lowest BCUT2D eigenvalue weighted by molar-refractivity contribution is 0.141. The monoisotopic (exact) mass is 486 g/mol. The van der Waals surface area contributed by atoms with Crippen LogP contribution in [0.25, 0.3) is 0 Å². The summed E-state index contributed by atoms with van der Waals surface area (Å²) in [6, 6.07) is 17.3. The fraction of sp³-hybridized carbons (Fsp3) is 0.467. The number of hydrogen-bond donors (Lipinski definition) is 0. The first-order valence-electron chi connectivity index (χ1n) is 13.1. The Labute approximate surface area is 214 Å². The summed E-state index contributed by atoms with van der Waals surface area (Å²) < 4.78 is 14.3. The number of likely N-dealkylation sites (tertiary alicyclic amines) is 2. The van der Waals surface area contributed by atoms with Crippen molar-refractivity contribution in [1.82, 2.24) is 9.80 Å². The highest BCUT2D eigenvalue weighted by Gasteiger charge is 2.56. The fourth-order valence-electron chi connectivity index (χ4n) is 6.32. The molecule has 2 amide bonds. The predicted molar refractivity (Wildman–Crippen MR) is 143 cm³/mol. The molecule has 3 aliphatic heterocycles. The molecule has 2 saturated heterocycles. The summed E-state index contributed by atoms with van der Waals surface area (Å²) in [6.45, 7) is 6.52. The second kappa shape index (κ2) is 10.4. The van der Waals surface area contributed by atoms with E-state index in [4.69, 9.17) is 4.99 Å². The predicted octanol–water partition coefficient (Wildman–Crippen LogP) is 5.51. The second-order valence-corrected chi connectivity index (χ2v) is 10.3. The highest BCUT2D eigenvalue weighted by Crippen LogP contribution is 2.43. The molecule has 2 fully saturated rings. The zero-order valence-electron chi connectivity index (χ0n) is 21.3. The van der Waals surface area contributed by atoms with Crippen LogP contribution in [0.5, 0.6) is 0 Å². The molecular formula is C30H35FN4O. The number of carbonyl (C=O) groups excluding carboxylic acids is 1. The van der Waals surface area contributed by atoms with E-state index in [0.29, 0.717) is 11.7 Å². The number of benzene rings is 2. The van der Waals surface area contributed by atoms with Gasteiger partial charge in [-0.15, -0.1) is 5.92 Å². The quantitative estimate of drug-likeness (QED) is 0.524. The Morgan fingerprint density at radius 3 is 2.72 bits per heavy atom. The number of carbonyl (C=O) groups is 1. The number of urea groups is 1. The number of amidine groups is 1. The van der Waals surface area contributed by atoms with Gasteiger partial charge in [-0.25, -0.2) is 9.18 Å². The molecule has 5 rings (SSSR count). The molecule has 0 bridgehead atoms. The summed E-state index contributed by atoms with van der Waals surface area (Å²) in [5.74, 6) is 6.75. The minimum Gasteiger partial charge on any atom is -0.355 e. The maximum absolute atomic E-state index is 14.3. The molecule has 1 unspecified atom stereocenters. The standard InChI is InChI=1S/C30H35FN4O/c1-3-4-18-33-20-17-30(22-23(33)2)28(32-29(36)35(30)27-13-8-12-25(31)21-27)34-19-9-14-26(34)16-15-24-10-6-5-7-11-24/h5-8,10-13,21,23,26H,9,14-20,22H2,1-2H3/t23-,26?,30-/m1/s1. The summed E-state index contributed by atoms with van der Waals surface area (Å²) in [5.41, 5.74) is 1.35. The molecule has 3 atom stereocenters. The van der Waals surface area contributed by atoms with Gasteiger partial charge in [-0.1, -0.05) is 42.3 Å². The Kier molecular flexibility index (Phi) is 7.11. The molecule has 0 radical (unpaired) electrons. The minimum absolute atomic E-state index is 0.220. The lowest BCUT2D eigenvalue weighted by Crippen LogP contribution is -2.64. The van der Waals surface area contributed by atoms with Crippen LogP contribution >= 0.6 is 0 Å². The van der Waals surface area contributed by atoms with Gasteiger partial charge in [0.2, 0.25) is 0 Å². The van der Waals surface area contributed by atoms with Crippen LogP contribution < -0.4 is 4.90 Å². The first kappa shape index (κ1) is 24.5. The summed E-state index contributed by atoms with van der Waals surface area (Å²) in [7, 11) is 0. The van der Waals surface area contributed by atoms with Crippen molar-refractivity contribution in [1.29, 1.82) is 0 Å². The third-order valence-corrected chi connectivity index (χ3v) is 8.09. The Balaban J connectivity index is 1.46. The molecule has 188 valence electrons. The van der Waals surface area contributed by atoms with Gasteiger partial charge in [0.25, 0.3) is 0 Å². The summed E-state index contributed by atoms with van der Waals surface area (Å²) in [4.78, 5) is 24.8. The molecule has 0 aromatic heterocycles. The van der Waals surface area contributed by atoms with Gasteiger partial charge >= 0.3 is 6.03 Å². The van der Waals surface area contributed by atoms with Crippen LogP contribution in [0, 0.1) is 17.7 Å². The van der Waals surface area contributed by atoms with E-state index in [1.807, 2.05) is 13.0 Å². The number of nitrogens with zero attached hydrogens (tertiary/aromatic N) is 4. The molecule has 5 nitrogen and oxygen atoms in total. The molecule has 0 N–H and O–H groups in total. The van der Waals surface area contributed by atoms with Gasteiger partial charge in [-0.05, 0) is 76.1 Å². The number of rotatable bonds is 5. The number of amides is 2. The van der Waals surface area contributed by atoms with Crippen molar-refractivity contribution in [2.45, 2.75) is 70.0 Å². The van der Waals surface area contributed by atoms with Gasteiger partial charge in [-0.3, -0.25) is 9.80 Å². The normalized spacial score (nSPS) is 26.3. The van der Waals surface area contributed by atoms with Gasteiger partial charge in [0, 0.05) is 30.9 Å². The van der Waals surface area contributed by atoms with E-state index < -0.39 is 5.54 Å². The lowest BCUT2D eigenvalue weighted by atomic mass is 9.80. The first-order chi connectivity index (χ1) is 17.5. The SMILES string of the molecule is CC#CCN1CC[C@@]2(C[C@H]1C)C(N1CCCC1CCc1ccccc1)=NC(=O)N2c1cccc(F)c1. The zero-order valence-corrected chi connectivity index (χ0v) is 21.3. The molecular weight excluding hydrogens is 451 g/mol. The molecule has 2 aromatic carbocycles. The highest BCUT2D eigenvalue weighted by atomic mass is 19.1. The van der Waals surface area contributed by atoms with Gasteiger partial charge < -0.3 is 4.90 Å². The largest absolute Gasteiger partial charge is 0.355 e. The van der Waals surface area contributed by atoms with E-state index >= 15 is 0 Å². The summed E-state index contributed by atoms with van der Waals surface area (Å²) in [5, 5.41) is 0. The van der Waals surface area contributed by atoms with Crippen LogP contribution in [0.1, 0.15) is 51.5 Å². The Hall–Kier alpha value is -3.17. The number of hydrogen-bond acceptors (Lipinski definition) is 3. The van der Waals surface area contributed by atoms with Crippen LogP contribution in [0.2, 0.25) is 0 Å². The third kappa shape index (κ3) is 4.65. The lowest BCUT2D eigenvalue weighted by Gasteiger charge is -2.49. The summed E-state index contributed by atoms with van der Waals surface area (Å²) in [6.07, 6.45) is 5.73. The maximum atomic E-state index is 14.3. The van der Waals surface area contributed by atoms with Crippen LogP contribution in [-0.2, 0) is 6.42 Å². The zero-order chi connectivity index (χ0) is 25.1. The van der Waals surface area contributed by atoms with E-state index in [9.17, 15) is 9.18 Å². The van der Waals surface area contributed by atoms with Crippen molar-refractivity contribution in [2.75, 3.05) is 24.5 Å². The van der Waals surface area contributed by atoms with Crippen LogP contribution in [0.4, 0.5) is 14.9 Å². The van der Waals surface area contributed by atoms with Gasteiger partial charge in [-0.2, -0.15) is 4.99 Å². The maximum Gasteiger partial charge on any atom is 0.350 e. The minimum atomic E-state index is -0.574. The molecule has 3 heterocycles. The second-order valence-electron chi connectivity index (χ2n) is 10.3. The van der Waals surface area contributed by atoms with Crippen molar-refractivity contribution < 1.29 is 9.18 Å². The number of anilines is 1. The van der Waals surface area contributed by atoms with Crippen LogP contribution in [0.3, 0.4) is 0 Å². The van der Waals surface area contributed by atoms with Gasteiger partial charge in [0.05, 0.1) is 6.54 Å². The van der Waals surface area contributed by atoms with E-state index in [-0.39, 0.29) is 17.9 Å². The van der Waals surface area contributed by atoms with E-state index in [1.54, 1.807) is 11.0 Å². The molecule has 3 aliphatic rings. The molecule has 0 saturated carbocycles. The molecule has 0 aliphatic carbocycles. The number of aryl methyl sites for hydroxylation is 1. The smallest absolute Gasteiger partial charge is 0.350 e. The third-order valence-electron chi connectivity index (χ3n) is 8.09. The van der Waals surface area contributed by atoms with E-state index in [1.165, 1.54) is 17.7 Å². The molecule has 36 heavy (non-hydrogen) atoms. The molecule has 1 spiro atoms.